The number of hydrogen-bond acceptors (Lipinski definition) is 2. The van der Waals surface area contributed by atoms with E-state index in [0.717, 1.165) is 12.8 Å². The highest BCUT2D eigenvalue weighted by Gasteiger charge is 2.65. The molecule has 1 saturated carbocycles. The van der Waals surface area contributed by atoms with Crippen LogP contribution in [0.3, 0.4) is 0 Å². The number of amides is 1. The first-order chi connectivity index (χ1) is 8.71. The lowest BCUT2D eigenvalue weighted by atomic mass is 10.1. The standard InChI is InChI=1S/C11H17F5N2O/c12-10(13,11(14,15)16)9(19)18(7-3-6-17)8-4-1-2-5-8/h8H,1-7,17H2. The van der Waals surface area contributed by atoms with Crippen molar-refractivity contribution >= 4 is 5.91 Å². The maximum absolute atomic E-state index is 13.1. The Kier molecular flexibility index (Phi) is 5.11. The molecule has 1 aliphatic carbocycles. The summed E-state index contributed by atoms with van der Waals surface area (Å²) in [6.45, 7) is -0.0280. The van der Waals surface area contributed by atoms with E-state index in [0.29, 0.717) is 17.7 Å². The van der Waals surface area contributed by atoms with Crippen LogP contribution in [0, 0.1) is 0 Å². The largest absolute Gasteiger partial charge is 0.463 e. The minimum Gasteiger partial charge on any atom is -0.334 e. The van der Waals surface area contributed by atoms with Gasteiger partial charge in [-0.25, -0.2) is 0 Å². The molecule has 0 spiro atoms. The highest BCUT2D eigenvalue weighted by atomic mass is 19.4. The molecule has 1 rings (SSSR count). The van der Waals surface area contributed by atoms with E-state index >= 15 is 0 Å². The van der Waals surface area contributed by atoms with E-state index in [2.05, 4.69) is 0 Å². The van der Waals surface area contributed by atoms with Gasteiger partial charge in [-0.3, -0.25) is 4.79 Å². The Morgan fingerprint density at radius 3 is 2.11 bits per heavy atom. The minimum absolute atomic E-state index is 0.133. The van der Waals surface area contributed by atoms with E-state index < -0.39 is 24.0 Å². The second kappa shape index (κ2) is 6.02. The molecule has 1 fully saturated rings. The predicted molar refractivity (Wildman–Crippen MR) is 58.6 cm³/mol. The zero-order valence-electron chi connectivity index (χ0n) is 10.3. The number of halogens is 5. The van der Waals surface area contributed by atoms with E-state index in [4.69, 9.17) is 5.73 Å². The topological polar surface area (TPSA) is 46.3 Å². The van der Waals surface area contributed by atoms with Gasteiger partial charge in [-0.2, -0.15) is 22.0 Å². The summed E-state index contributed by atoms with van der Waals surface area (Å²) in [5.74, 6) is -7.48. The molecule has 3 nitrogen and oxygen atoms in total. The first-order valence-electron chi connectivity index (χ1n) is 6.17. The SMILES string of the molecule is NCCCN(C(=O)C(F)(F)C(F)(F)F)C1CCCC1. The lowest BCUT2D eigenvalue weighted by Gasteiger charge is -2.32. The van der Waals surface area contributed by atoms with Crippen molar-refractivity contribution in [3.63, 3.8) is 0 Å². The Hall–Kier alpha value is -0.920. The van der Waals surface area contributed by atoms with Gasteiger partial charge >= 0.3 is 18.0 Å². The smallest absolute Gasteiger partial charge is 0.334 e. The Morgan fingerprint density at radius 2 is 1.68 bits per heavy atom. The number of carbonyl (C=O) groups excluding carboxylic acids is 1. The molecule has 0 heterocycles. The number of nitrogens with zero attached hydrogens (tertiary/aromatic N) is 1. The Bertz CT molecular complexity index is 313. The third-order valence-electron chi connectivity index (χ3n) is 3.25. The Morgan fingerprint density at radius 1 is 1.16 bits per heavy atom. The summed E-state index contributed by atoms with van der Waals surface area (Å²) < 4.78 is 62.9. The monoisotopic (exact) mass is 288 g/mol. The van der Waals surface area contributed by atoms with E-state index in [1.54, 1.807) is 0 Å². The maximum Gasteiger partial charge on any atom is 0.463 e. The lowest BCUT2D eigenvalue weighted by Crippen LogP contribution is -2.55. The van der Waals surface area contributed by atoms with Crippen LogP contribution in [0.4, 0.5) is 22.0 Å². The molecular formula is C11H17F5N2O. The van der Waals surface area contributed by atoms with Crippen LogP contribution in [0.1, 0.15) is 32.1 Å². The van der Waals surface area contributed by atoms with Gasteiger partial charge in [0.05, 0.1) is 0 Å². The first kappa shape index (κ1) is 16.1. The van der Waals surface area contributed by atoms with E-state index in [1.165, 1.54) is 0 Å². The average molecular weight is 288 g/mol. The second-order valence-electron chi connectivity index (χ2n) is 4.65. The van der Waals surface area contributed by atoms with Crippen molar-refractivity contribution in [3.05, 3.63) is 0 Å². The van der Waals surface area contributed by atoms with Crippen LogP contribution in [0.15, 0.2) is 0 Å². The van der Waals surface area contributed by atoms with E-state index in [-0.39, 0.29) is 19.5 Å². The van der Waals surface area contributed by atoms with Crippen LogP contribution < -0.4 is 5.73 Å². The summed E-state index contributed by atoms with van der Waals surface area (Å²) in [6, 6.07) is -0.535. The summed E-state index contributed by atoms with van der Waals surface area (Å²) in [4.78, 5) is 12.2. The van der Waals surface area contributed by atoms with Crippen molar-refractivity contribution in [2.45, 2.75) is 50.2 Å². The molecule has 0 saturated heterocycles. The predicted octanol–water partition coefficient (Wildman–Crippen LogP) is 2.30. The summed E-state index contributed by atoms with van der Waals surface area (Å²) >= 11 is 0. The second-order valence-corrected chi connectivity index (χ2v) is 4.65. The lowest BCUT2D eigenvalue weighted by molar-refractivity contribution is -0.275. The quantitative estimate of drug-likeness (QED) is 0.789. The molecule has 0 aliphatic heterocycles. The van der Waals surface area contributed by atoms with Crippen LogP contribution in [0.2, 0.25) is 0 Å². The van der Waals surface area contributed by atoms with Gasteiger partial charge in [-0.05, 0) is 25.8 Å². The van der Waals surface area contributed by atoms with Gasteiger partial charge in [0.15, 0.2) is 0 Å². The van der Waals surface area contributed by atoms with Crippen molar-refractivity contribution in [2.75, 3.05) is 13.1 Å². The highest BCUT2D eigenvalue weighted by Crippen LogP contribution is 2.38. The van der Waals surface area contributed by atoms with Crippen LogP contribution in [-0.4, -0.2) is 42.0 Å². The Balaban J connectivity index is 2.87. The Labute approximate surface area is 107 Å². The molecule has 8 heteroatoms. The van der Waals surface area contributed by atoms with Gasteiger partial charge in [0.2, 0.25) is 0 Å². The molecule has 0 radical (unpaired) electrons. The van der Waals surface area contributed by atoms with Crippen LogP contribution >= 0.6 is 0 Å². The zero-order valence-corrected chi connectivity index (χ0v) is 10.3. The van der Waals surface area contributed by atoms with E-state index in [1.807, 2.05) is 0 Å². The molecule has 19 heavy (non-hydrogen) atoms. The van der Waals surface area contributed by atoms with Crippen molar-refractivity contribution in [3.8, 4) is 0 Å². The van der Waals surface area contributed by atoms with Crippen molar-refractivity contribution in [1.29, 1.82) is 0 Å². The number of nitrogens with two attached hydrogens (primary N) is 1. The van der Waals surface area contributed by atoms with Crippen LogP contribution in [0.5, 0.6) is 0 Å². The molecule has 1 aliphatic rings. The number of hydrogen-bond donors (Lipinski definition) is 1. The summed E-state index contributed by atoms with van der Waals surface area (Å²) in [5, 5.41) is 0. The van der Waals surface area contributed by atoms with Crippen molar-refractivity contribution in [1.82, 2.24) is 4.90 Å². The third-order valence-corrected chi connectivity index (χ3v) is 3.25. The van der Waals surface area contributed by atoms with Gasteiger partial charge in [0.25, 0.3) is 0 Å². The van der Waals surface area contributed by atoms with Crippen molar-refractivity contribution < 1.29 is 26.7 Å². The van der Waals surface area contributed by atoms with Gasteiger partial charge in [0, 0.05) is 12.6 Å². The molecule has 1 amide bonds. The number of rotatable bonds is 5. The molecular weight excluding hydrogens is 271 g/mol. The average Bonchev–Trinajstić information content (AvgIpc) is 2.81. The third kappa shape index (κ3) is 3.55. The van der Waals surface area contributed by atoms with Gasteiger partial charge in [-0.1, -0.05) is 12.8 Å². The zero-order chi connectivity index (χ0) is 14.7. The highest BCUT2D eigenvalue weighted by molar-refractivity contribution is 5.84. The number of alkyl halides is 5. The molecule has 2 N–H and O–H groups in total. The molecule has 0 aromatic rings. The fraction of sp³-hybridized carbons (Fsp3) is 0.909. The van der Waals surface area contributed by atoms with Gasteiger partial charge in [-0.15, -0.1) is 0 Å². The minimum atomic E-state index is -5.86. The molecule has 0 atom stereocenters. The normalized spacial score (nSPS) is 17.8. The van der Waals surface area contributed by atoms with E-state index in [9.17, 15) is 26.7 Å². The number of carbonyl (C=O) groups is 1. The molecule has 0 aromatic carbocycles. The van der Waals surface area contributed by atoms with Crippen LogP contribution in [0.25, 0.3) is 0 Å². The molecule has 112 valence electrons. The van der Waals surface area contributed by atoms with Crippen LogP contribution in [-0.2, 0) is 4.79 Å². The fourth-order valence-corrected chi connectivity index (χ4v) is 2.23. The van der Waals surface area contributed by atoms with Gasteiger partial charge in [0.1, 0.15) is 0 Å². The molecule has 0 aromatic heterocycles. The maximum atomic E-state index is 13.1. The summed E-state index contributed by atoms with van der Waals surface area (Å²) in [6.07, 6.45) is -3.27. The van der Waals surface area contributed by atoms with Crippen molar-refractivity contribution in [2.24, 2.45) is 5.73 Å². The molecule has 0 unspecified atom stereocenters. The summed E-state index contributed by atoms with van der Waals surface area (Å²) in [5.41, 5.74) is 5.22. The molecule has 0 bridgehead atoms. The van der Waals surface area contributed by atoms with Gasteiger partial charge < -0.3 is 10.6 Å². The summed E-state index contributed by atoms with van der Waals surface area (Å²) in [7, 11) is 0. The fourth-order valence-electron chi connectivity index (χ4n) is 2.23. The first-order valence-corrected chi connectivity index (χ1v) is 6.17.